The second-order valence-electron chi connectivity index (χ2n) is 4.68. The largest absolute Gasteiger partial charge is 0.479 e. The number of hydrogen-bond acceptors (Lipinski definition) is 3. The van der Waals surface area contributed by atoms with Crippen molar-refractivity contribution in [2.45, 2.75) is 51.0 Å². The third-order valence-corrected chi connectivity index (χ3v) is 3.28. The molecular weight excluding hydrogens is 222 g/mol. The van der Waals surface area contributed by atoms with E-state index in [2.05, 4.69) is 5.32 Å². The molecule has 0 aromatic heterocycles. The summed E-state index contributed by atoms with van der Waals surface area (Å²) in [7, 11) is 0. The minimum Gasteiger partial charge on any atom is -0.479 e. The Kier molecular flexibility index (Phi) is 5.97. The van der Waals surface area contributed by atoms with Crippen molar-refractivity contribution >= 4 is 11.9 Å². The molecule has 1 saturated carbocycles. The highest BCUT2D eigenvalue weighted by molar-refractivity contribution is 5.76. The molecule has 0 saturated heterocycles. The first-order valence-electron chi connectivity index (χ1n) is 6.27. The highest BCUT2D eigenvalue weighted by Crippen LogP contribution is 2.28. The molecule has 0 aromatic carbocycles. The predicted octanol–water partition coefficient (Wildman–Crippen LogP) is 0.909. The number of amides is 1. The molecule has 0 aromatic rings. The lowest BCUT2D eigenvalue weighted by molar-refractivity contribution is -0.147. The van der Waals surface area contributed by atoms with Crippen molar-refractivity contribution in [3.63, 3.8) is 0 Å². The highest BCUT2D eigenvalue weighted by Gasteiger charge is 2.16. The molecule has 1 amide bonds. The van der Waals surface area contributed by atoms with Crippen molar-refractivity contribution in [1.29, 1.82) is 0 Å². The van der Waals surface area contributed by atoms with E-state index in [1.165, 1.54) is 25.7 Å². The van der Waals surface area contributed by atoms with Gasteiger partial charge in [-0.1, -0.05) is 25.7 Å². The molecule has 3 N–H and O–H groups in total. The van der Waals surface area contributed by atoms with Gasteiger partial charge in [0, 0.05) is 19.4 Å². The fourth-order valence-electron chi connectivity index (χ4n) is 2.19. The fourth-order valence-corrected chi connectivity index (χ4v) is 2.19. The molecule has 98 valence electrons. The third kappa shape index (κ3) is 5.68. The van der Waals surface area contributed by atoms with Gasteiger partial charge < -0.3 is 15.5 Å². The van der Waals surface area contributed by atoms with E-state index < -0.39 is 12.1 Å². The van der Waals surface area contributed by atoms with Gasteiger partial charge in [-0.15, -0.1) is 0 Å². The molecule has 5 heteroatoms. The molecule has 0 bridgehead atoms. The van der Waals surface area contributed by atoms with Crippen LogP contribution >= 0.6 is 0 Å². The number of aliphatic hydroxyl groups is 1. The maximum absolute atomic E-state index is 11.4. The lowest BCUT2D eigenvalue weighted by Gasteiger charge is -2.10. The molecular formula is C12H21NO4. The van der Waals surface area contributed by atoms with Crippen molar-refractivity contribution in [2.75, 3.05) is 6.54 Å². The summed E-state index contributed by atoms with van der Waals surface area (Å²) in [5.41, 5.74) is 0. The van der Waals surface area contributed by atoms with Gasteiger partial charge in [0.15, 0.2) is 6.10 Å². The fraction of sp³-hybridized carbons (Fsp3) is 0.833. The summed E-state index contributed by atoms with van der Waals surface area (Å²) in [6.07, 6.45) is 5.11. The topological polar surface area (TPSA) is 86.6 Å². The number of aliphatic carboxylic acids is 1. The summed E-state index contributed by atoms with van der Waals surface area (Å²) in [5.74, 6) is -0.606. The Morgan fingerprint density at radius 1 is 1.29 bits per heavy atom. The van der Waals surface area contributed by atoms with Crippen LogP contribution in [0.15, 0.2) is 0 Å². The molecule has 0 radical (unpaired) electrons. The summed E-state index contributed by atoms with van der Waals surface area (Å²) in [6, 6.07) is 0. The van der Waals surface area contributed by atoms with E-state index in [9.17, 15) is 9.59 Å². The van der Waals surface area contributed by atoms with E-state index in [0.29, 0.717) is 12.3 Å². The van der Waals surface area contributed by atoms with E-state index in [1.54, 1.807) is 0 Å². The van der Waals surface area contributed by atoms with Crippen molar-refractivity contribution in [1.82, 2.24) is 5.32 Å². The minimum absolute atomic E-state index is 0.0468. The average Bonchev–Trinajstić information content (AvgIpc) is 2.78. The first-order chi connectivity index (χ1) is 8.09. The summed E-state index contributed by atoms with van der Waals surface area (Å²) in [4.78, 5) is 21.7. The Morgan fingerprint density at radius 2 is 1.94 bits per heavy atom. The van der Waals surface area contributed by atoms with Crippen molar-refractivity contribution in [3.8, 4) is 0 Å². The Hall–Kier alpha value is -1.10. The first kappa shape index (κ1) is 14.0. The van der Waals surface area contributed by atoms with Crippen LogP contribution in [-0.4, -0.2) is 34.7 Å². The number of hydrogen-bond donors (Lipinski definition) is 3. The van der Waals surface area contributed by atoms with Crippen molar-refractivity contribution in [3.05, 3.63) is 0 Å². The molecule has 1 aliphatic carbocycles. The molecule has 17 heavy (non-hydrogen) atoms. The highest BCUT2D eigenvalue weighted by atomic mass is 16.4. The van der Waals surface area contributed by atoms with Gasteiger partial charge in [-0.05, 0) is 12.3 Å². The molecule has 0 spiro atoms. The summed E-state index contributed by atoms with van der Waals surface area (Å²) >= 11 is 0. The number of carbonyl (C=O) groups excluding carboxylic acids is 1. The first-order valence-corrected chi connectivity index (χ1v) is 6.27. The minimum atomic E-state index is -1.38. The van der Waals surface area contributed by atoms with Crippen LogP contribution in [0.1, 0.15) is 44.9 Å². The van der Waals surface area contributed by atoms with Crippen LogP contribution in [-0.2, 0) is 9.59 Å². The lowest BCUT2D eigenvalue weighted by Crippen LogP contribution is -2.30. The predicted molar refractivity (Wildman–Crippen MR) is 62.5 cm³/mol. The van der Waals surface area contributed by atoms with Gasteiger partial charge in [0.1, 0.15) is 0 Å². The Labute approximate surface area is 101 Å². The number of nitrogens with one attached hydrogen (secondary N) is 1. The number of carboxylic acid groups (broad SMARTS) is 1. The van der Waals surface area contributed by atoms with E-state index in [4.69, 9.17) is 10.2 Å². The van der Waals surface area contributed by atoms with Crippen LogP contribution in [0.5, 0.6) is 0 Å². The molecule has 1 fully saturated rings. The number of aliphatic hydroxyl groups excluding tert-OH is 1. The van der Waals surface area contributed by atoms with Gasteiger partial charge in [0.25, 0.3) is 0 Å². The van der Waals surface area contributed by atoms with Crippen LogP contribution in [0, 0.1) is 5.92 Å². The Morgan fingerprint density at radius 3 is 2.53 bits per heavy atom. The van der Waals surface area contributed by atoms with Gasteiger partial charge in [-0.25, -0.2) is 4.79 Å². The summed E-state index contributed by atoms with van der Waals surface area (Å²) in [6.45, 7) is 0.219. The zero-order valence-corrected chi connectivity index (χ0v) is 10.0. The standard InChI is InChI=1S/C12H21NO4/c14-10(12(16)17)7-8-13-11(15)6-5-9-3-1-2-4-9/h9-10,14H,1-8H2,(H,13,15)(H,16,17). The molecule has 1 aliphatic rings. The average molecular weight is 243 g/mol. The van der Waals surface area contributed by atoms with Gasteiger partial charge in [0.05, 0.1) is 0 Å². The molecule has 5 nitrogen and oxygen atoms in total. The smallest absolute Gasteiger partial charge is 0.332 e. The zero-order valence-electron chi connectivity index (χ0n) is 10.0. The van der Waals surface area contributed by atoms with E-state index in [0.717, 1.165) is 6.42 Å². The second kappa shape index (κ2) is 7.27. The third-order valence-electron chi connectivity index (χ3n) is 3.28. The van der Waals surface area contributed by atoms with Gasteiger partial charge in [-0.3, -0.25) is 4.79 Å². The summed E-state index contributed by atoms with van der Waals surface area (Å²) < 4.78 is 0. The second-order valence-corrected chi connectivity index (χ2v) is 4.68. The zero-order chi connectivity index (χ0) is 12.7. The normalized spacial score (nSPS) is 17.9. The van der Waals surface area contributed by atoms with Gasteiger partial charge >= 0.3 is 5.97 Å². The van der Waals surface area contributed by atoms with E-state index >= 15 is 0 Å². The molecule has 1 unspecified atom stereocenters. The van der Waals surface area contributed by atoms with Crippen LogP contribution < -0.4 is 5.32 Å². The van der Waals surface area contributed by atoms with Gasteiger partial charge in [0.2, 0.25) is 5.91 Å². The monoisotopic (exact) mass is 243 g/mol. The van der Waals surface area contributed by atoms with Crippen molar-refractivity contribution < 1.29 is 19.8 Å². The number of carbonyl (C=O) groups is 2. The van der Waals surface area contributed by atoms with E-state index in [-0.39, 0.29) is 18.9 Å². The van der Waals surface area contributed by atoms with Crippen LogP contribution in [0.2, 0.25) is 0 Å². The quantitative estimate of drug-likeness (QED) is 0.620. The maximum atomic E-state index is 11.4. The Balaban J connectivity index is 2.02. The molecule has 1 atom stereocenters. The van der Waals surface area contributed by atoms with Gasteiger partial charge in [-0.2, -0.15) is 0 Å². The molecule has 0 heterocycles. The SMILES string of the molecule is O=C(CCC1CCCC1)NCCC(O)C(=O)O. The number of rotatable bonds is 7. The van der Waals surface area contributed by atoms with Crippen LogP contribution in [0.4, 0.5) is 0 Å². The molecule has 0 aliphatic heterocycles. The van der Waals surface area contributed by atoms with E-state index in [1.807, 2.05) is 0 Å². The van der Waals surface area contributed by atoms with Crippen molar-refractivity contribution in [2.24, 2.45) is 5.92 Å². The van der Waals surface area contributed by atoms with Crippen LogP contribution in [0.25, 0.3) is 0 Å². The van der Waals surface area contributed by atoms with Crippen LogP contribution in [0.3, 0.4) is 0 Å². The lowest BCUT2D eigenvalue weighted by atomic mass is 10.0. The number of carboxylic acids is 1. The summed E-state index contributed by atoms with van der Waals surface area (Å²) in [5, 5.41) is 20.1. The molecule has 1 rings (SSSR count). The maximum Gasteiger partial charge on any atom is 0.332 e. The Bertz CT molecular complexity index is 261.